The smallest absolute Gasteiger partial charge is 0.461 e. The molecule has 2 aromatic rings. The average molecular weight is 422 g/mol. The number of hydrogen-bond acceptors (Lipinski definition) is 4. The number of alkyl halides is 4. The molecule has 2 rings (SSSR count). The molecule has 2 aromatic carbocycles. The van der Waals surface area contributed by atoms with Crippen molar-refractivity contribution in [1.29, 1.82) is 0 Å². The summed E-state index contributed by atoms with van der Waals surface area (Å²) in [4.78, 5) is 12.1. The molecule has 0 amide bonds. The summed E-state index contributed by atoms with van der Waals surface area (Å²) < 4.78 is 60.0. The van der Waals surface area contributed by atoms with E-state index in [-0.39, 0.29) is 11.3 Å². The first-order valence-electron chi connectivity index (χ1n) is 6.85. The van der Waals surface area contributed by atoms with Crippen LogP contribution in [0.1, 0.15) is 10.4 Å². The highest BCUT2D eigenvalue weighted by Gasteiger charge is 2.44. The predicted octanol–water partition coefficient (Wildman–Crippen LogP) is 4.53. The van der Waals surface area contributed by atoms with E-state index in [2.05, 4.69) is 20.7 Å². The standard InChI is InChI=1S/C16H12BrF4NO3/c17-11-5-2-6-12(22)14(11)24-8-13(23)9-3-1-4-10(7-9)25-16(20,21)15(18)19/h1-7,15H,8,22H2. The van der Waals surface area contributed by atoms with Crippen molar-refractivity contribution in [2.24, 2.45) is 0 Å². The Balaban J connectivity index is 2.09. The summed E-state index contributed by atoms with van der Waals surface area (Å²) in [6.07, 6.45) is -8.64. The van der Waals surface area contributed by atoms with Gasteiger partial charge in [0.2, 0.25) is 0 Å². The molecule has 134 valence electrons. The van der Waals surface area contributed by atoms with Crippen molar-refractivity contribution >= 4 is 27.4 Å². The lowest BCUT2D eigenvalue weighted by Gasteiger charge is -2.17. The third kappa shape index (κ3) is 4.85. The van der Waals surface area contributed by atoms with Crippen LogP contribution in [0.5, 0.6) is 11.5 Å². The number of benzene rings is 2. The average Bonchev–Trinajstić information content (AvgIpc) is 2.54. The molecular weight excluding hydrogens is 410 g/mol. The molecule has 25 heavy (non-hydrogen) atoms. The van der Waals surface area contributed by atoms with E-state index in [1.165, 1.54) is 12.1 Å². The number of nitrogens with two attached hydrogens (primary N) is 1. The van der Waals surface area contributed by atoms with Gasteiger partial charge in [-0.05, 0) is 40.2 Å². The second-order valence-corrected chi connectivity index (χ2v) is 5.72. The lowest BCUT2D eigenvalue weighted by Crippen LogP contribution is -2.33. The third-order valence-corrected chi connectivity index (χ3v) is 3.63. The van der Waals surface area contributed by atoms with E-state index in [1.54, 1.807) is 18.2 Å². The van der Waals surface area contributed by atoms with Gasteiger partial charge < -0.3 is 15.2 Å². The maximum absolute atomic E-state index is 12.9. The number of carbonyl (C=O) groups excluding carboxylic acids is 1. The second-order valence-electron chi connectivity index (χ2n) is 4.86. The Morgan fingerprint density at radius 1 is 1.20 bits per heavy atom. The van der Waals surface area contributed by atoms with Crippen molar-refractivity contribution in [3.05, 3.63) is 52.5 Å². The van der Waals surface area contributed by atoms with Gasteiger partial charge in [-0.15, -0.1) is 0 Å². The second kappa shape index (κ2) is 7.73. The number of para-hydroxylation sites is 1. The molecule has 0 heterocycles. The lowest BCUT2D eigenvalue weighted by atomic mass is 10.1. The molecule has 0 saturated heterocycles. The Morgan fingerprint density at radius 3 is 2.52 bits per heavy atom. The van der Waals surface area contributed by atoms with Gasteiger partial charge in [-0.2, -0.15) is 17.6 Å². The molecule has 0 unspecified atom stereocenters. The van der Waals surface area contributed by atoms with Crippen molar-refractivity contribution in [2.75, 3.05) is 12.3 Å². The van der Waals surface area contributed by atoms with Gasteiger partial charge in [0.15, 0.2) is 18.1 Å². The number of ketones is 1. The topological polar surface area (TPSA) is 61.5 Å². The Kier molecular flexibility index (Phi) is 5.89. The molecule has 0 aliphatic heterocycles. The molecule has 0 fully saturated rings. The van der Waals surface area contributed by atoms with Gasteiger partial charge in [-0.1, -0.05) is 18.2 Å². The lowest BCUT2D eigenvalue weighted by molar-refractivity contribution is -0.253. The summed E-state index contributed by atoms with van der Waals surface area (Å²) in [7, 11) is 0. The minimum atomic E-state index is -4.65. The van der Waals surface area contributed by atoms with Crippen LogP contribution in [-0.2, 0) is 0 Å². The zero-order valence-corrected chi connectivity index (χ0v) is 14.1. The summed E-state index contributed by atoms with van der Waals surface area (Å²) in [6, 6.07) is 9.45. The molecule has 0 atom stereocenters. The molecule has 4 nitrogen and oxygen atoms in total. The first-order valence-corrected chi connectivity index (χ1v) is 7.65. The van der Waals surface area contributed by atoms with Crippen molar-refractivity contribution in [3.8, 4) is 11.5 Å². The highest BCUT2D eigenvalue weighted by molar-refractivity contribution is 9.10. The number of anilines is 1. The van der Waals surface area contributed by atoms with Crippen LogP contribution in [0, 0.1) is 0 Å². The zero-order valence-electron chi connectivity index (χ0n) is 12.5. The Morgan fingerprint density at radius 2 is 1.88 bits per heavy atom. The van der Waals surface area contributed by atoms with Gasteiger partial charge in [-0.25, -0.2) is 0 Å². The molecule has 0 saturated carbocycles. The number of hydrogen-bond donors (Lipinski definition) is 1. The van der Waals surface area contributed by atoms with Crippen LogP contribution < -0.4 is 15.2 Å². The van der Waals surface area contributed by atoms with E-state index in [0.717, 1.165) is 12.1 Å². The summed E-state index contributed by atoms with van der Waals surface area (Å²) in [5.74, 6) is -0.870. The quantitative estimate of drug-likeness (QED) is 0.405. The first kappa shape index (κ1) is 19.0. The zero-order chi connectivity index (χ0) is 18.6. The van der Waals surface area contributed by atoms with E-state index in [1.807, 2.05) is 0 Å². The minimum Gasteiger partial charge on any atom is -0.482 e. The fourth-order valence-electron chi connectivity index (χ4n) is 1.83. The van der Waals surface area contributed by atoms with Crippen LogP contribution in [0.3, 0.4) is 0 Å². The molecule has 0 aliphatic carbocycles. The Labute approximate surface area is 148 Å². The summed E-state index contributed by atoms with van der Waals surface area (Å²) >= 11 is 3.22. The normalized spacial score (nSPS) is 11.4. The maximum Gasteiger partial charge on any atom is 0.461 e. The van der Waals surface area contributed by atoms with Crippen molar-refractivity contribution < 1.29 is 31.8 Å². The number of rotatable bonds is 7. The predicted molar refractivity (Wildman–Crippen MR) is 86.4 cm³/mol. The van der Waals surface area contributed by atoms with Crippen LogP contribution in [0.4, 0.5) is 23.2 Å². The van der Waals surface area contributed by atoms with Gasteiger partial charge >= 0.3 is 12.5 Å². The van der Waals surface area contributed by atoms with Crippen LogP contribution in [0.2, 0.25) is 0 Å². The van der Waals surface area contributed by atoms with Gasteiger partial charge in [0, 0.05) is 5.56 Å². The van der Waals surface area contributed by atoms with Gasteiger partial charge in [0.1, 0.15) is 5.75 Å². The molecule has 0 aromatic heterocycles. The van der Waals surface area contributed by atoms with E-state index >= 15 is 0 Å². The van der Waals surface area contributed by atoms with E-state index < -0.39 is 30.7 Å². The molecule has 0 radical (unpaired) electrons. The van der Waals surface area contributed by atoms with E-state index in [4.69, 9.17) is 10.5 Å². The fourth-order valence-corrected chi connectivity index (χ4v) is 2.33. The van der Waals surface area contributed by atoms with Gasteiger partial charge in [0.25, 0.3) is 0 Å². The van der Waals surface area contributed by atoms with Crippen LogP contribution in [0.15, 0.2) is 46.9 Å². The molecule has 0 bridgehead atoms. The van der Waals surface area contributed by atoms with Crippen LogP contribution >= 0.6 is 15.9 Å². The summed E-state index contributed by atoms with van der Waals surface area (Å²) in [5.41, 5.74) is 6.00. The highest BCUT2D eigenvalue weighted by atomic mass is 79.9. The summed E-state index contributed by atoms with van der Waals surface area (Å²) in [5, 5.41) is 0. The highest BCUT2D eigenvalue weighted by Crippen LogP contribution is 2.31. The monoisotopic (exact) mass is 421 g/mol. The maximum atomic E-state index is 12.9. The number of Topliss-reactive ketones (excluding diaryl/α,β-unsaturated/α-hetero) is 1. The van der Waals surface area contributed by atoms with Crippen molar-refractivity contribution in [3.63, 3.8) is 0 Å². The third-order valence-electron chi connectivity index (χ3n) is 3.01. The molecule has 0 aliphatic rings. The van der Waals surface area contributed by atoms with Gasteiger partial charge in [0.05, 0.1) is 10.2 Å². The molecular formula is C16H12BrF4NO3. The molecule has 0 spiro atoms. The Bertz CT molecular complexity index is 751. The molecule has 9 heteroatoms. The number of nitrogen functional groups attached to an aromatic ring is 1. The number of halogens is 5. The SMILES string of the molecule is Nc1cccc(Br)c1OCC(=O)c1cccc(OC(F)(F)C(F)F)c1. The molecule has 2 N–H and O–H groups in total. The number of carbonyl (C=O) groups is 1. The summed E-state index contributed by atoms with van der Waals surface area (Å²) in [6.45, 7) is -0.429. The first-order chi connectivity index (χ1) is 11.7. The number of ether oxygens (including phenoxy) is 2. The largest absolute Gasteiger partial charge is 0.482 e. The van der Waals surface area contributed by atoms with Crippen molar-refractivity contribution in [2.45, 2.75) is 12.5 Å². The van der Waals surface area contributed by atoms with Crippen LogP contribution in [0.25, 0.3) is 0 Å². The van der Waals surface area contributed by atoms with Gasteiger partial charge in [-0.3, -0.25) is 4.79 Å². The minimum absolute atomic E-state index is 0.0341. The van der Waals surface area contributed by atoms with E-state index in [0.29, 0.717) is 10.2 Å². The van der Waals surface area contributed by atoms with E-state index in [9.17, 15) is 22.4 Å². The van der Waals surface area contributed by atoms with Crippen LogP contribution in [-0.4, -0.2) is 24.9 Å². The Hall–Kier alpha value is -2.29. The van der Waals surface area contributed by atoms with Crippen molar-refractivity contribution in [1.82, 2.24) is 0 Å². The fraction of sp³-hybridized carbons (Fsp3) is 0.188.